The molecule has 0 unspecified atom stereocenters. The number of benzene rings is 2. The summed E-state index contributed by atoms with van der Waals surface area (Å²) in [7, 11) is 1.32. The van der Waals surface area contributed by atoms with Crippen molar-refractivity contribution in [2.45, 2.75) is 31.7 Å². The number of anilines is 1. The second kappa shape index (κ2) is 10.6. The van der Waals surface area contributed by atoms with Gasteiger partial charge in [0.25, 0.3) is 0 Å². The van der Waals surface area contributed by atoms with Gasteiger partial charge in [0.2, 0.25) is 5.91 Å². The van der Waals surface area contributed by atoms with Gasteiger partial charge in [0.05, 0.1) is 12.8 Å². The highest BCUT2D eigenvalue weighted by atomic mass is 35.5. The van der Waals surface area contributed by atoms with Crippen LogP contribution in [0.3, 0.4) is 0 Å². The molecule has 0 fully saturated rings. The zero-order valence-corrected chi connectivity index (χ0v) is 19.3. The van der Waals surface area contributed by atoms with Crippen molar-refractivity contribution in [2.24, 2.45) is 5.73 Å². The number of hydrazine groups is 1. The summed E-state index contributed by atoms with van der Waals surface area (Å²) in [5.41, 5.74) is 11.3. The standard InChI is InChI=1S/C22H21Cl2N3O3.ClH/c1-13(28)26-27-19-11-16(23)10-18(24)21(19)17(12-20(27)22(29)30-2)15-7-5-14(6-8-15)4-3-9-25;/h5-8,10-11,17,20H,4,12,25H2,1-2H3,(H,26,28);1H/t17-,20-;/m0./s1. The third-order valence-corrected chi connectivity index (χ3v) is 5.51. The average Bonchev–Trinajstić information content (AvgIpc) is 2.72. The van der Waals surface area contributed by atoms with Crippen LogP contribution in [0.2, 0.25) is 10.0 Å². The predicted octanol–water partition coefficient (Wildman–Crippen LogP) is 3.81. The molecule has 3 rings (SSSR count). The number of amides is 1. The average molecular weight is 483 g/mol. The smallest absolute Gasteiger partial charge is 0.330 e. The van der Waals surface area contributed by atoms with Gasteiger partial charge in [0.1, 0.15) is 6.04 Å². The van der Waals surface area contributed by atoms with Gasteiger partial charge in [-0.25, -0.2) is 4.79 Å². The van der Waals surface area contributed by atoms with Crippen molar-refractivity contribution < 1.29 is 14.3 Å². The summed E-state index contributed by atoms with van der Waals surface area (Å²) in [6, 6.07) is 12.9. The Morgan fingerprint density at radius 3 is 2.52 bits per heavy atom. The summed E-state index contributed by atoms with van der Waals surface area (Å²) in [6.07, 6.45) is 0.915. The van der Waals surface area contributed by atoms with Gasteiger partial charge in [-0.1, -0.05) is 53.4 Å². The predicted molar refractivity (Wildman–Crippen MR) is 124 cm³/mol. The number of hydrogen-bond donors (Lipinski definition) is 2. The Balaban J connectivity index is 0.00000341. The van der Waals surface area contributed by atoms with Crippen LogP contribution in [0.15, 0.2) is 36.4 Å². The van der Waals surface area contributed by atoms with Crippen molar-refractivity contribution in [3.05, 3.63) is 63.1 Å². The van der Waals surface area contributed by atoms with E-state index in [0.29, 0.717) is 28.6 Å². The first-order chi connectivity index (χ1) is 14.3. The molecule has 6 nitrogen and oxygen atoms in total. The molecule has 31 heavy (non-hydrogen) atoms. The molecule has 0 aromatic heterocycles. The molecule has 0 bridgehead atoms. The maximum Gasteiger partial charge on any atom is 0.330 e. The number of fused-ring (bicyclic) bond motifs is 1. The van der Waals surface area contributed by atoms with E-state index in [1.807, 2.05) is 24.3 Å². The van der Waals surface area contributed by atoms with Crippen LogP contribution < -0.4 is 16.2 Å². The van der Waals surface area contributed by atoms with Gasteiger partial charge >= 0.3 is 5.97 Å². The van der Waals surface area contributed by atoms with Gasteiger partial charge in [-0.15, -0.1) is 12.4 Å². The number of ether oxygens (including phenoxy) is 1. The number of halogens is 3. The molecule has 9 heteroatoms. The second-order valence-electron chi connectivity index (χ2n) is 6.93. The number of rotatable bonds is 4. The summed E-state index contributed by atoms with van der Waals surface area (Å²) in [5.74, 6) is 1.84. The maximum atomic E-state index is 12.6. The normalized spacial score (nSPS) is 16.8. The van der Waals surface area contributed by atoms with Crippen molar-refractivity contribution in [1.82, 2.24) is 5.43 Å². The lowest BCUT2D eigenvalue weighted by Gasteiger charge is -2.41. The lowest BCUT2D eigenvalue weighted by molar-refractivity contribution is -0.142. The molecular formula is C22H22Cl3N3O3. The third kappa shape index (κ3) is 5.37. The minimum atomic E-state index is -0.742. The van der Waals surface area contributed by atoms with Gasteiger partial charge in [-0.3, -0.25) is 15.2 Å². The van der Waals surface area contributed by atoms with Crippen LogP contribution in [-0.4, -0.2) is 25.0 Å². The van der Waals surface area contributed by atoms with Crippen molar-refractivity contribution in [1.29, 1.82) is 0 Å². The first-order valence-corrected chi connectivity index (χ1v) is 10.0. The Bertz CT molecular complexity index is 1030. The highest BCUT2D eigenvalue weighted by Crippen LogP contribution is 2.46. The number of nitrogens with zero attached hydrogens (tertiary/aromatic N) is 1. The molecule has 2 aromatic rings. The van der Waals surface area contributed by atoms with E-state index < -0.39 is 12.0 Å². The fourth-order valence-corrected chi connectivity index (χ4v) is 4.31. The Kier molecular flexibility index (Phi) is 8.46. The summed E-state index contributed by atoms with van der Waals surface area (Å²) >= 11 is 12.8. The van der Waals surface area contributed by atoms with Crippen LogP contribution in [0.1, 0.15) is 36.0 Å². The van der Waals surface area contributed by atoms with E-state index in [1.54, 1.807) is 12.1 Å². The highest BCUT2D eigenvalue weighted by Gasteiger charge is 2.40. The monoisotopic (exact) mass is 481 g/mol. The number of methoxy groups -OCH3 is 1. The lowest BCUT2D eigenvalue weighted by Crippen LogP contribution is -2.55. The van der Waals surface area contributed by atoms with Crippen LogP contribution in [0, 0.1) is 12.0 Å². The van der Waals surface area contributed by atoms with Gasteiger partial charge in [-0.05, 0) is 29.7 Å². The lowest BCUT2D eigenvalue weighted by atomic mass is 9.81. The minimum absolute atomic E-state index is 0. The molecule has 0 aliphatic carbocycles. The van der Waals surface area contributed by atoms with E-state index in [2.05, 4.69) is 17.4 Å². The van der Waals surface area contributed by atoms with E-state index in [9.17, 15) is 9.59 Å². The first-order valence-electron chi connectivity index (χ1n) is 9.26. The molecule has 0 spiro atoms. The molecule has 164 valence electrons. The molecule has 0 saturated heterocycles. The Hall–Kier alpha value is -2.59. The third-order valence-electron chi connectivity index (χ3n) is 4.98. The SMILES string of the molecule is COC(=O)[C@@H]1C[C@@H](c2ccc(CC#CN)cc2)c2c(Cl)cc(Cl)cc2N1NC(C)=O.Cl. The molecular weight excluding hydrogens is 461 g/mol. The number of carbonyl (C=O) groups excluding carboxylic acids is 2. The summed E-state index contributed by atoms with van der Waals surface area (Å²) in [5, 5.41) is 2.34. The topological polar surface area (TPSA) is 84.7 Å². The molecule has 1 heterocycles. The summed E-state index contributed by atoms with van der Waals surface area (Å²) < 4.78 is 5.00. The summed E-state index contributed by atoms with van der Waals surface area (Å²) in [6.45, 7) is 1.37. The largest absolute Gasteiger partial charge is 0.467 e. The molecule has 2 aromatic carbocycles. The van der Waals surface area contributed by atoms with E-state index >= 15 is 0 Å². The zero-order valence-electron chi connectivity index (χ0n) is 16.9. The number of hydrogen-bond acceptors (Lipinski definition) is 5. The van der Waals surface area contributed by atoms with Crippen LogP contribution >= 0.6 is 35.6 Å². The van der Waals surface area contributed by atoms with Crippen molar-refractivity contribution in [2.75, 3.05) is 12.1 Å². The van der Waals surface area contributed by atoms with Crippen LogP contribution in [0.25, 0.3) is 0 Å². The van der Waals surface area contributed by atoms with E-state index in [0.717, 1.165) is 16.7 Å². The molecule has 1 aliphatic rings. The second-order valence-corrected chi connectivity index (χ2v) is 7.77. The number of carbonyl (C=O) groups is 2. The number of esters is 1. The van der Waals surface area contributed by atoms with Crippen molar-refractivity contribution >= 4 is 53.2 Å². The number of nitrogens with two attached hydrogens (primary N) is 1. The minimum Gasteiger partial charge on any atom is -0.467 e. The van der Waals surface area contributed by atoms with Gasteiger partial charge in [0.15, 0.2) is 0 Å². The van der Waals surface area contributed by atoms with Gasteiger partial charge in [0, 0.05) is 40.9 Å². The molecule has 3 N–H and O–H groups in total. The first kappa shape index (κ1) is 24.7. The van der Waals surface area contributed by atoms with Gasteiger partial charge in [-0.2, -0.15) is 0 Å². The van der Waals surface area contributed by atoms with Gasteiger partial charge < -0.3 is 10.5 Å². The van der Waals surface area contributed by atoms with E-state index in [-0.39, 0.29) is 24.2 Å². The Morgan fingerprint density at radius 1 is 1.26 bits per heavy atom. The maximum absolute atomic E-state index is 12.6. The van der Waals surface area contributed by atoms with Crippen molar-refractivity contribution in [3.63, 3.8) is 0 Å². The van der Waals surface area contributed by atoms with Crippen LogP contribution in [0.5, 0.6) is 0 Å². The summed E-state index contributed by atoms with van der Waals surface area (Å²) in [4.78, 5) is 24.4. The van der Waals surface area contributed by atoms with Crippen LogP contribution in [-0.2, 0) is 20.7 Å². The molecule has 1 amide bonds. The van der Waals surface area contributed by atoms with Crippen LogP contribution in [0.4, 0.5) is 5.69 Å². The Morgan fingerprint density at radius 2 is 1.94 bits per heavy atom. The molecule has 2 atom stereocenters. The zero-order chi connectivity index (χ0) is 21.8. The molecule has 0 saturated carbocycles. The fourth-order valence-electron chi connectivity index (χ4n) is 3.70. The van der Waals surface area contributed by atoms with E-state index in [4.69, 9.17) is 33.7 Å². The number of nitrogens with one attached hydrogen (secondary N) is 1. The molecule has 1 aliphatic heterocycles. The van der Waals surface area contributed by atoms with E-state index in [1.165, 1.54) is 19.0 Å². The Labute approximate surface area is 197 Å². The fraction of sp³-hybridized carbons (Fsp3) is 0.273. The highest BCUT2D eigenvalue weighted by molar-refractivity contribution is 6.35. The quantitative estimate of drug-likeness (QED) is 0.393. The van der Waals surface area contributed by atoms with Crippen molar-refractivity contribution in [3.8, 4) is 12.0 Å². The molecule has 0 radical (unpaired) electrons.